The van der Waals surface area contributed by atoms with Crippen LogP contribution in [0.2, 0.25) is 0 Å². The van der Waals surface area contributed by atoms with Crippen LogP contribution in [0.3, 0.4) is 0 Å². The summed E-state index contributed by atoms with van der Waals surface area (Å²) in [6.07, 6.45) is 1.03. The number of carbonyl (C=O) groups excluding carboxylic acids is 2. The quantitative estimate of drug-likeness (QED) is 0.615. The summed E-state index contributed by atoms with van der Waals surface area (Å²) < 4.78 is 5.00. The second-order valence-corrected chi connectivity index (χ2v) is 6.41. The molecule has 0 bridgehead atoms. The Morgan fingerprint density at radius 2 is 1.86 bits per heavy atom. The molecule has 0 unspecified atom stereocenters. The summed E-state index contributed by atoms with van der Waals surface area (Å²) in [5.74, 6) is -0.333. The van der Waals surface area contributed by atoms with Gasteiger partial charge in [0.2, 0.25) is 0 Å². The van der Waals surface area contributed by atoms with Crippen molar-refractivity contribution in [2.45, 2.75) is 26.2 Å². The fourth-order valence-corrected chi connectivity index (χ4v) is 2.77. The van der Waals surface area contributed by atoms with Crippen LogP contribution in [-0.4, -0.2) is 28.5 Å². The van der Waals surface area contributed by atoms with Crippen LogP contribution < -0.4 is 10.9 Å². The monoisotopic (exact) mass is 379 g/mol. The number of anilines is 1. The van der Waals surface area contributed by atoms with Crippen molar-refractivity contribution < 1.29 is 14.3 Å². The molecule has 0 aliphatic carbocycles. The number of nitrogens with zero attached hydrogens (tertiary/aromatic N) is 1. The van der Waals surface area contributed by atoms with Crippen molar-refractivity contribution in [1.82, 2.24) is 9.97 Å². The molecule has 1 aromatic heterocycles. The summed E-state index contributed by atoms with van der Waals surface area (Å²) in [7, 11) is 0. The molecule has 7 nitrogen and oxygen atoms in total. The largest absolute Gasteiger partial charge is 0.456 e. The molecule has 2 N–H and O–H groups in total. The molecule has 2 aromatic carbocycles. The number of hydrogen-bond acceptors (Lipinski definition) is 5. The molecule has 1 amide bonds. The van der Waals surface area contributed by atoms with E-state index in [2.05, 4.69) is 15.3 Å². The Labute approximate surface area is 161 Å². The average molecular weight is 379 g/mol. The predicted octanol–water partition coefficient (Wildman–Crippen LogP) is 2.74. The van der Waals surface area contributed by atoms with Crippen molar-refractivity contribution in [3.8, 4) is 0 Å². The Hall–Kier alpha value is -3.48. The molecule has 28 heavy (non-hydrogen) atoms. The van der Waals surface area contributed by atoms with Gasteiger partial charge >= 0.3 is 5.97 Å². The highest BCUT2D eigenvalue weighted by Crippen LogP contribution is 2.13. The topological polar surface area (TPSA) is 101 Å². The fourth-order valence-electron chi connectivity index (χ4n) is 2.77. The number of aromatic amines is 1. The van der Waals surface area contributed by atoms with E-state index in [1.807, 2.05) is 31.2 Å². The van der Waals surface area contributed by atoms with Crippen LogP contribution in [0.1, 0.15) is 24.2 Å². The Morgan fingerprint density at radius 1 is 1.11 bits per heavy atom. The highest BCUT2D eigenvalue weighted by Gasteiger charge is 2.10. The zero-order chi connectivity index (χ0) is 19.9. The zero-order valence-corrected chi connectivity index (χ0v) is 15.5. The number of H-pyrrole nitrogens is 1. The SMILES string of the molecule is Cc1ccccc1NC(=O)COC(=O)CCCc1nc2ccccc2c(=O)[nH]1. The molecule has 144 valence electrons. The Morgan fingerprint density at radius 3 is 2.68 bits per heavy atom. The number of ether oxygens (including phenoxy) is 1. The van der Waals surface area contributed by atoms with Gasteiger partial charge in [-0.15, -0.1) is 0 Å². The van der Waals surface area contributed by atoms with E-state index < -0.39 is 5.97 Å². The minimum Gasteiger partial charge on any atom is -0.456 e. The average Bonchev–Trinajstić information content (AvgIpc) is 2.68. The number of rotatable bonds is 7. The molecule has 0 saturated heterocycles. The third-order valence-electron chi connectivity index (χ3n) is 4.24. The van der Waals surface area contributed by atoms with E-state index in [1.165, 1.54) is 0 Å². The molecule has 7 heteroatoms. The highest BCUT2D eigenvalue weighted by molar-refractivity contribution is 5.93. The standard InChI is InChI=1S/C21H21N3O4/c1-14-7-2-4-9-16(14)23-19(25)13-28-20(26)12-6-11-18-22-17-10-5-3-8-15(17)21(27)24-18/h2-5,7-10H,6,11-13H2,1H3,(H,23,25)(H,22,24,27). The summed E-state index contributed by atoms with van der Waals surface area (Å²) in [5, 5.41) is 3.24. The van der Waals surface area contributed by atoms with Gasteiger partial charge < -0.3 is 15.0 Å². The van der Waals surface area contributed by atoms with E-state index in [1.54, 1.807) is 24.3 Å². The Balaban J connectivity index is 1.44. The maximum Gasteiger partial charge on any atom is 0.306 e. The summed E-state index contributed by atoms with van der Waals surface area (Å²) in [4.78, 5) is 42.9. The van der Waals surface area contributed by atoms with E-state index in [4.69, 9.17) is 4.74 Å². The van der Waals surface area contributed by atoms with Gasteiger partial charge in [0.05, 0.1) is 10.9 Å². The number of nitrogens with one attached hydrogen (secondary N) is 2. The minimum atomic E-state index is -0.469. The first-order valence-electron chi connectivity index (χ1n) is 9.02. The fraction of sp³-hybridized carbons (Fsp3) is 0.238. The summed E-state index contributed by atoms with van der Waals surface area (Å²) in [5.41, 5.74) is 2.04. The van der Waals surface area contributed by atoms with Gasteiger partial charge in [0, 0.05) is 18.5 Å². The Bertz CT molecular complexity index is 1060. The van der Waals surface area contributed by atoms with Crippen LogP contribution in [0.5, 0.6) is 0 Å². The predicted molar refractivity (Wildman–Crippen MR) is 106 cm³/mol. The summed E-state index contributed by atoms with van der Waals surface area (Å²) in [6.45, 7) is 1.55. The summed E-state index contributed by atoms with van der Waals surface area (Å²) >= 11 is 0. The number of aromatic nitrogens is 2. The second-order valence-electron chi connectivity index (χ2n) is 6.41. The second kappa shape index (κ2) is 8.94. The maximum atomic E-state index is 12.0. The lowest BCUT2D eigenvalue weighted by molar-refractivity contribution is -0.147. The molecule has 0 radical (unpaired) electrons. The van der Waals surface area contributed by atoms with Crippen LogP contribution in [0.15, 0.2) is 53.3 Å². The number of aryl methyl sites for hydroxylation is 2. The molecular formula is C21H21N3O4. The molecule has 0 atom stereocenters. The minimum absolute atomic E-state index is 0.133. The lowest BCUT2D eigenvalue weighted by Crippen LogP contribution is -2.21. The van der Waals surface area contributed by atoms with Crippen LogP contribution in [0.25, 0.3) is 10.9 Å². The van der Waals surface area contributed by atoms with Crippen LogP contribution >= 0.6 is 0 Å². The van der Waals surface area contributed by atoms with E-state index in [-0.39, 0.29) is 24.5 Å². The zero-order valence-electron chi connectivity index (χ0n) is 15.5. The van der Waals surface area contributed by atoms with Crippen LogP contribution in [-0.2, 0) is 20.7 Å². The van der Waals surface area contributed by atoms with E-state index >= 15 is 0 Å². The van der Waals surface area contributed by atoms with Crippen molar-refractivity contribution in [1.29, 1.82) is 0 Å². The lowest BCUT2D eigenvalue weighted by atomic mass is 10.2. The van der Waals surface area contributed by atoms with E-state index in [0.29, 0.717) is 35.3 Å². The Kier molecular flexibility index (Phi) is 6.16. The third-order valence-corrected chi connectivity index (χ3v) is 4.24. The van der Waals surface area contributed by atoms with Crippen molar-refractivity contribution in [3.63, 3.8) is 0 Å². The van der Waals surface area contributed by atoms with Gasteiger partial charge in [0.25, 0.3) is 11.5 Å². The van der Waals surface area contributed by atoms with E-state index in [9.17, 15) is 14.4 Å². The number of para-hydroxylation sites is 2. The van der Waals surface area contributed by atoms with Crippen molar-refractivity contribution >= 4 is 28.5 Å². The first-order chi connectivity index (χ1) is 13.5. The molecule has 0 aliphatic heterocycles. The van der Waals surface area contributed by atoms with Gasteiger partial charge in [0.1, 0.15) is 5.82 Å². The van der Waals surface area contributed by atoms with Crippen LogP contribution in [0.4, 0.5) is 5.69 Å². The van der Waals surface area contributed by atoms with Crippen LogP contribution in [0, 0.1) is 6.92 Å². The smallest absolute Gasteiger partial charge is 0.306 e. The molecule has 3 aromatic rings. The first-order valence-corrected chi connectivity index (χ1v) is 9.02. The van der Waals surface area contributed by atoms with Crippen molar-refractivity contribution in [2.75, 3.05) is 11.9 Å². The third kappa shape index (κ3) is 5.03. The highest BCUT2D eigenvalue weighted by atomic mass is 16.5. The molecule has 0 saturated carbocycles. The number of fused-ring (bicyclic) bond motifs is 1. The van der Waals surface area contributed by atoms with Gasteiger partial charge in [-0.05, 0) is 37.1 Å². The molecule has 3 rings (SSSR count). The van der Waals surface area contributed by atoms with Crippen molar-refractivity contribution in [3.05, 3.63) is 70.3 Å². The van der Waals surface area contributed by atoms with E-state index in [0.717, 1.165) is 5.56 Å². The van der Waals surface area contributed by atoms with Gasteiger partial charge in [-0.1, -0.05) is 30.3 Å². The van der Waals surface area contributed by atoms with Gasteiger partial charge in [-0.3, -0.25) is 14.4 Å². The summed E-state index contributed by atoms with van der Waals surface area (Å²) in [6, 6.07) is 14.4. The van der Waals surface area contributed by atoms with Gasteiger partial charge in [-0.2, -0.15) is 0 Å². The number of esters is 1. The molecule has 0 spiro atoms. The number of amides is 1. The van der Waals surface area contributed by atoms with Crippen molar-refractivity contribution in [2.24, 2.45) is 0 Å². The number of benzene rings is 2. The normalized spacial score (nSPS) is 10.6. The lowest BCUT2D eigenvalue weighted by Gasteiger charge is -2.08. The number of hydrogen-bond donors (Lipinski definition) is 2. The molecule has 0 fully saturated rings. The molecule has 0 aliphatic rings. The molecular weight excluding hydrogens is 358 g/mol. The van der Waals surface area contributed by atoms with Gasteiger partial charge in [0.15, 0.2) is 6.61 Å². The molecule has 1 heterocycles. The van der Waals surface area contributed by atoms with Gasteiger partial charge in [-0.25, -0.2) is 4.98 Å². The first kappa shape index (κ1) is 19.3. The maximum absolute atomic E-state index is 12.0. The number of carbonyl (C=O) groups is 2.